The van der Waals surface area contributed by atoms with Crippen molar-refractivity contribution < 1.29 is 14.3 Å². The molecule has 0 atom stereocenters. The fraction of sp³-hybridized carbons (Fsp3) is 0.364. The van der Waals surface area contributed by atoms with Crippen LogP contribution in [0.5, 0.6) is 5.75 Å². The van der Waals surface area contributed by atoms with Gasteiger partial charge in [0, 0.05) is 25.9 Å². The fourth-order valence-electron chi connectivity index (χ4n) is 1.22. The van der Waals surface area contributed by atoms with Crippen molar-refractivity contribution in [2.45, 2.75) is 0 Å². The Labute approximate surface area is 94.5 Å². The normalized spacial score (nSPS) is 9.88. The Morgan fingerprint density at radius 2 is 2.19 bits per heavy atom. The van der Waals surface area contributed by atoms with E-state index in [1.807, 2.05) is 0 Å². The number of nitrogens with one attached hydrogen (secondary N) is 1. The number of hydrogen-bond donors (Lipinski definition) is 2. The molecule has 0 aliphatic rings. The predicted octanol–water partition coefficient (Wildman–Crippen LogP) is 0.654. The number of carbonyl (C=O) groups is 1. The molecular formula is C11H16N2O3. The summed E-state index contributed by atoms with van der Waals surface area (Å²) < 4.78 is 10.3. The third-order valence-corrected chi connectivity index (χ3v) is 2.02. The molecule has 0 saturated carbocycles. The minimum atomic E-state index is -0.201. The fourth-order valence-corrected chi connectivity index (χ4v) is 1.22. The summed E-state index contributed by atoms with van der Waals surface area (Å²) in [4.78, 5) is 11.5. The summed E-state index contributed by atoms with van der Waals surface area (Å²) in [6.07, 6.45) is 0. The van der Waals surface area contributed by atoms with Crippen molar-refractivity contribution >= 4 is 11.6 Å². The molecule has 0 heterocycles. The van der Waals surface area contributed by atoms with E-state index < -0.39 is 0 Å². The third kappa shape index (κ3) is 3.13. The molecular weight excluding hydrogens is 208 g/mol. The van der Waals surface area contributed by atoms with E-state index in [0.29, 0.717) is 30.2 Å². The molecule has 0 fully saturated rings. The van der Waals surface area contributed by atoms with Crippen LogP contribution >= 0.6 is 0 Å². The summed E-state index contributed by atoms with van der Waals surface area (Å²) in [5, 5.41) is 2.54. The van der Waals surface area contributed by atoms with Crippen LogP contribution in [-0.4, -0.2) is 33.3 Å². The maximum atomic E-state index is 11.5. The van der Waals surface area contributed by atoms with Gasteiger partial charge in [0.1, 0.15) is 12.4 Å². The van der Waals surface area contributed by atoms with Gasteiger partial charge >= 0.3 is 0 Å². The van der Waals surface area contributed by atoms with Gasteiger partial charge in [0.15, 0.2) is 0 Å². The molecule has 3 N–H and O–H groups in total. The van der Waals surface area contributed by atoms with Crippen LogP contribution in [-0.2, 0) is 4.74 Å². The quantitative estimate of drug-likeness (QED) is 0.569. The molecule has 0 aliphatic carbocycles. The van der Waals surface area contributed by atoms with E-state index in [0.717, 1.165) is 0 Å². The standard InChI is InChI=1S/C11H16N2O3/c1-13-11(14)9-4-3-8(12)7-10(9)16-6-5-15-2/h3-4,7H,5-6,12H2,1-2H3,(H,13,14). The zero-order valence-electron chi connectivity index (χ0n) is 9.45. The first-order valence-corrected chi connectivity index (χ1v) is 4.92. The van der Waals surface area contributed by atoms with Gasteiger partial charge in [-0.15, -0.1) is 0 Å². The van der Waals surface area contributed by atoms with Gasteiger partial charge in [0.2, 0.25) is 0 Å². The van der Waals surface area contributed by atoms with Crippen molar-refractivity contribution in [2.75, 3.05) is 33.1 Å². The highest BCUT2D eigenvalue weighted by molar-refractivity contribution is 5.97. The molecule has 16 heavy (non-hydrogen) atoms. The second kappa shape index (κ2) is 5.97. The molecule has 88 valence electrons. The lowest BCUT2D eigenvalue weighted by molar-refractivity contribution is 0.0955. The first kappa shape index (κ1) is 12.3. The number of carbonyl (C=O) groups excluding carboxylic acids is 1. The SMILES string of the molecule is CNC(=O)c1ccc(N)cc1OCCOC. The molecule has 5 nitrogen and oxygen atoms in total. The van der Waals surface area contributed by atoms with Crippen molar-refractivity contribution in [1.82, 2.24) is 5.32 Å². The van der Waals surface area contributed by atoms with Crippen LogP contribution in [0, 0.1) is 0 Å². The van der Waals surface area contributed by atoms with Gasteiger partial charge in [0.05, 0.1) is 12.2 Å². The molecule has 1 aromatic rings. The van der Waals surface area contributed by atoms with Gasteiger partial charge in [-0.2, -0.15) is 0 Å². The summed E-state index contributed by atoms with van der Waals surface area (Å²) in [6.45, 7) is 0.839. The number of benzene rings is 1. The van der Waals surface area contributed by atoms with E-state index in [4.69, 9.17) is 15.2 Å². The number of nitrogen functional groups attached to an aromatic ring is 1. The van der Waals surface area contributed by atoms with E-state index in [1.54, 1.807) is 32.4 Å². The number of anilines is 1. The van der Waals surface area contributed by atoms with Gasteiger partial charge in [-0.1, -0.05) is 0 Å². The van der Waals surface area contributed by atoms with Crippen LogP contribution in [0.25, 0.3) is 0 Å². The topological polar surface area (TPSA) is 73.6 Å². The number of nitrogens with two attached hydrogens (primary N) is 1. The number of methoxy groups -OCH3 is 1. The molecule has 0 aromatic heterocycles. The lowest BCUT2D eigenvalue weighted by atomic mass is 10.1. The second-order valence-corrected chi connectivity index (χ2v) is 3.18. The molecule has 0 radical (unpaired) electrons. The van der Waals surface area contributed by atoms with Crippen LogP contribution < -0.4 is 15.8 Å². The lowest BCUT2D eigenvalue weighted by Gasteiger charge is -2.10. The van der Waals surface area contributed by atoms with Gasteiger partial charge in [-0.25, -0.2) is 0 Å². The van der Waals surface area contributed by atoms with Gasteiger partial charge in [0.25, 0.3) is 5.91 Å². The molecule has 1 aromatic carbocycles. The Hall–Kier alpha value is -1.75. The molecule has 1 amide bonds. The maximum absolute atomic E-state index is 11.5. The van der Waals surface area contributed by atoms with Crippen molar-refractivity contribution in [3.8, 4) is 5.75 Å². The number of ether oxygens (including phenoxy) is 2. The highest BCUT2D eigenvalue weighted by Gasteiger charge is 2.11. The van der Waals surface area contributed by atoms with Crippen LogP contribution in [0.1, 0.15) is 10.4 Å². The minimum absolute atomic E-state index is 0.201. The molecule has 0 saturated heterocycles. The summed E-state index contributed by atoms with van der Waals surface area (Å²) in [6, 6.07) is 4.92. The second-order valence-electron chi connectivity index (χ2n) is 3.18. The third-order valence-electron chi connectivity index (χ3n) is 2.02. The van der Waals surface area contributed by atoms with Crippen LogP contribution in [0.4, 0.5) is 5.69 Å². The zero-order chi connectivity index (χ0) is 12.0. The summed E-state index contributed by atoms with van der Waals surface area (Å²) in [7, 11) is 3.15. The number of hydrogen-bond acceptors (Lipinski definition) is 4. The molecule has 1 rings (SSSR count). The van der Waals surface area contributed by atoms with Crippen LogP contribution in [0.2, 0.25) is 0 Å². The van der Waals surface area contributed by atoms with E-state index >= 15 is 0 Å². The van der Waals surface area contributed by atoms with Gasteiger partial charge in [-0.05, 0) is 12.1 Å². The van der Waals surface area contributed by atoms with E-state index in [2.05, 4.69) is 5.32 Å². The van der Waals surface area contributed by atoms with E-state index in [9.17, 15) is 4.79 Å². The summed E-state index contributed by atoms with van der Waals surface area (Å²) >= 11 is 0. The van der Waals surface area contributed by atoms with Crippen LogP contribution in [0.15, 0.2) is 18.2 Å². The zero-order valence-corrected chi connectivity index (χ0v) is 9.45. The van der Waals surface area contributed by atoms with Crippen molar-refractivity contribution in [3.63, 3.8) is 0 Å². The molecule has 5 heteroatoms. The monoisotopic (exact) mass is 224 g/mol. The van der Waals surface area contributed by atoms with Crippen molar-refractivity contribution in [3.05, 3.63) is 23.8 Å². The summed E-state index contributed by atoms with van der Waals surface area (Å²) in [5.74, 6) is 0.267. The first-order chi connectivity index (χ1) is 7.69. The average molecular weight is 224 g/mol. The Kier molecular flexibility index (Phi) is 4.60. The first-order valence-electron chi connectivity index (χ1n) is 4.92. The smallest absolute Gasteiger partial charge is 0.254 e. The highest BCUT2D eigenvalue weighted by Crippen LogP contribution is 2.21. The largest absolute Gasteiger partial charge is 0.490 e. The average Bonchev–Trinajstić information content (AvgIpc) is 2.29. The van der Waals surface area contributed by atoms with E-state index in [1.165, 1.54) is 0 Å². The Morgan fingerprint density at radius 3 is 2.81 bits per heavy atom. The lowest BCUT2D eigenvalue weighted by Crippen LogP contribution is -2.19. The number of rotatable bonds is 5. The van der Waals surface area contributed by atoms with Crippen LogP contribution in [0.3, 0.4) is 0 Å². The molecule has 0 spiro atoms. The van der Waals surface area contributed by atoms with Crippen molar-refractivity contribution in [1.29, 1.82) is 0 Å². The van der Waals surface area contributed by atoms with Gasteiger partial charge < -0.3 is 20.5 Å². The summed E-state index contributed by atoms with van der Waals surface area (Å²) in [5.41, 5.74) is 6.65. The van der Waals surface area contributed by atoms with Gasteiger partial charge in [-0.3, -0.25) is 4.79 Å². The number of amides is 1. The Morgan fingerprint density at radius 1 is 1.44 bits per heavy atom. The Bertz CT molecular complexity index is 366. The molecule has 0 aliphatic heterocycles. The predicted molar refractivity (Wildman–Crippen MR) is 61.6 cm³/mol. The van der Waals surface area contributed by atoms with Crippen molar-refractivity contribution in [2.24, 2.45) is 0 Å². The molecule has 0 unspecified atom stereocenters. The van der Waals surface area contributed by atoms with E-state index in [-0.39, 0.29) is 5.91 Å². The minimum Gasteiger partial charge on any atom is -0.490 e. The highest BCUT2D eigenvalue weighted by atomic mass is 16.5. The maximum Gasteiger partial charge on any atom is 0.254 e. The molecule has 0 bridgehead atoms. The Balaban J connectivity index is 2.85.